The lowest BCUT2D eigenvalue weighted by atomic mass is 10.4. The largest absolute Gasteiger partial charge is 0.363 e. The second-order valence-corrected chi connectivity index (χ2v) is 4.51. The van der Waals surface area contributed by atoms with E-state index in [4.69, 9.17) is 11.6 Å². The second-order valence-electron chi connectivity index (χ2n) is 3.05. The molecule has 2 rings (SSSR count). The molecule has 0 amide bonds. The highest BCUT2D eigenvalue weighted by Gasteiger charge is 2.01. The van der Waals surface area contributed by atoms with Gasteiger partial charge in [0.1, 0.15) is 5.82 Å². The van der Waals surface area contributed by atoms with E-state index in [1.54, 1.807) is 23.6 Å². The van der Waals surface area contributed by atoms with E-state index in [0.717, 1.165) is 10.7 Å². The average Bonchev–Trinajstić information content (AvgIpc) is 2.63. The van der Waals surface area contributed by atoms with E-state index in [9.17, 15) is 0 Å². The molecule has 0 aliphatic carbocycles. The van der Waals surface area contributed by atoms with Gasteiger partial charge in [0.05, 0.1) is 22.3 Å². The van der Waals surface area contributed by atoms with Gasteiger partial charge in [0.2, 0.25) is 0 Å². The molecule has 15 heavy (non-hydrogen) atoms. The topological polar surface area (TPSA) is 37.8 Å². The molecule has 3 nitrogen and oxygen atoms in total. The highest BCUT2D eigenvalue weighted by Crippen LogP contribution is 2.18. The highest BCUT2D eigenvalue weighted by atomic mass is 35.5. The van der Waals surface area contributed by atoms with Gasteiger partial charge >= 0.3 is 0 Å². The quantitative estimate of drug-likeness (QED) is 0.895. The molecule has 0 spiro atoms. The minimum Gasteiger partial charge on any atom is -0.363 e. The molecule has 0 unspecified atom stereocenters. The van der Waals surface area contributed by atoms with Gasteiger partial charge in [-0.3, -0.25) is 0 Å². The molecule has 0 aliphatic rings. The third-order valence-corrected chi connectivity index (χ3v) is 2.99. The number of halogens is 1. The number of nitrogens with zero attached hydrogens (tertiary/aromatic N) is 2. The van der Waals surface area contributed by atoms with Crippen LogP contribution in [0.2, 0.25) is 5.02 Å². The van der Waals surface area contributed by atoms with Gasteiger partial charge in [-0.05, 0) is 19.1 Å². The first-order valence-corrected chi connectivity index (χ1v) is 5.77. The molecular weight excluding hydrogens is 230 g/mol. The SMILES string of the molecule is Cc1nc(CNc2ncccc2Cl)cs1. The number of hydrogen-bond acceptors (Lipinski definition) is 4. The van der Waals surface area contributed by atoms with E-state index in [1.807, 2.05) is 18.4 Å². The fourth-order valence-electron chi connectivity index (χ4n) is 1.18. The number of anilines is 1. The van der Waals surface area contributed by atoms with Crippen LogP contribution in [0.25, 0.3) is 0 Å². The molecule has 1 N–H and O–H groups in total. The van der Waals surface area contributed by atoms with Crippen LogP contribution in [0.3, 0.4) is 0 Å². The number of aryl methyl sites for hydroxylation is 1. The maximum atomic E-state index is 5.95. The van der Waals surface area contributed by atoms with Crippen LogP contribution < -0.4 is 5.32 Å². The van der Waals surface area contributed by atoms with E-state index in [-0.39, 0.29) is 0 Å². The molecule has 0 radical (unpaired) electrons. The lowest BCUT2D eigenvalue weighted by Gasteiger charge is -2.04. The fourth-order valence-corrected chi connectivity index (χ4v) is 1.98. The Hall–Kier alpha value is -1.13. The lowest BCUT2D eigenvalue weighted by Crippen LogP contribution is -2.01. The van der Waals surface area contributed by atoms with E-state index < -0.39 is 0 Å². The Labute approximate surface area is 97.2 Å². The first-order valence-electron chi connectivity index (χ1n) is 4.51. The van der Waals surface area contributed by atoms with Crippen LogP contribution in [0.5, 0.6) is 0 Å². The third-order valence-electron chi connectivity index (χ3n) is 1.86. The van der Waals surface area contributed by atoms with E-state index in [1.165, 1.54) is 0 Å². The van der Waals surface area contributed by atoms with Crippen LogP contribution in [0.1, 0.15) is 10.7 Å². The predicted molar refractivity (Wildman–Crippen MR) is 63.4 cm³/mol. The van der Waals surface area contributed by atoms with Gasteiger partial charge in [0, 0.05) is 11.6 Å². The van der Waals surface area contributed by atoms with Crippen molar-refractivity contribution in [2.75, 3.05) is 5.32 Å². The van der Waals surface area contributed by atoms with Crippen molar-refractivity contribution in [2.45, 2.75) is 13.5 Å². The predicted octanol–water partition coefficient (Wildman–Crippen LogP) is 3.11. The zero-order valence-corrected chi connectivity index (χ0v) is 9.77. The van der Waals surface area contributed by atoms with Gasteiger partial charge in [-0.25, -0.2) is 9.97 Å². The summed E-state index contributed by atoms with van der Waals surface area (Å²) in [7, 11) is 0. The summed E-state index contributed by atoms with van der Waals surface area (Å²) >= 11 is 7.59. The fraction of sp³-hybridized carbons (Fsp3) is 0.200. The van der Waals surface area contributed by atoms with E-state index in [2.05, 4.69) is 15.3 Å². The van der Waals surface area contributed by atoms with Crippen LogP contribution in [-0.2, 0) is 6.54 Å². The third kappa shape index (κ3) is 2.67. The van der Waals surface area contributed by atoms with Gasteiger partial charge in [-0.1, -0.05) is 11.6 Å². The molecule has 2 aromatic rings. The maximum Gasteiger partial charge on any atom is 0.145 e. The minimum absolute atomic E-state index is 0.629. The Morgan fingerprint density at radius 1 is 1.53 bits per heavy atom. The summed E-state index contributed by atoms with van der Waals surface area (Å²) in [5.41, 5.74) is 1.01. The Bertz CT molecular complexity index is 455. The summed E-state index contributed by atoms with van der Waals surface area (Å²) in [5.74, 6) is 0.699. The van der Waals surface area contributed by atoms with Crippen LogP contribution in [0, 0.1) is 6.92 Å². The van der Waals surface area contributed by atoms with Crippen molar-refractivity contribution in [1.29, 1.82) is 0 Å². The van der Waals surface area contributed by atoms with Crippen LogP contribution in [0.15, 0.2) is 23.7 Å². The summed E-state index contributed by atoms with van der Waals surface area (Å²) in [4.78, 5) is 8.47. The number of nitrogens with one attached hydrogen (secondary N) is 1. The van der Waals surface area contributed by atoms with E-state index >= 15 is 0 Å². The Morgan fingerprint density at radius 2 is 2.40 bits per heavy atom. The summed E-state index contributed by atoms with van der Waals surface area (Å²) in [6.45, 7) is 2.64. The Morgan fingerprint density at radius 3 is 3.07 bits per heavy atom. The standard InChI is InChI=1S/C10H10ClN3S/c1-7-14-8(6-15-7)5-13-10-9(11)3-2-4-12-10/h2-4,6H,5H2,1H3,(H,12,13). The van der Waals surface area contributed by atoms with Crippen molar-refractivity contribution in [2.24, 2.45) is 0 Å². The molecule has 5 heteroatoms. The highest BCUT2D eigenvalue weighted by molar-refractivity contribution is 7.09. The number of rotatable bonds is 3. The Kier molecular flexibility index (Phi) is 3.18. The average molecular weight is 240 g/mol. The summed E-state index contributed by atoms with van der Waals surface area (Å²) in [5, 5.41) is 6.87. The molecule has 0 aliphatic heterocycles. The zero-order valence-electron chi connectivity index (χ0n) is 8.20. The monoisotopic (exact) mass is 239 g/mol. The van der Waals surface area contributed by atoms with Crippen molar-refractivity contribution in [3.63, 3.8) is 0 Å². The zero-order chi connectivity index (χ0) is 10.7. The number of hydrogen-bond donors (Lipinski definition) is 1. The minimum atomic E-state index is 0.629. The van der Waals surface area contributed by atoms with Crippen molar-refractivity contribution in [1.82, 2.24) is 9.97 Å². The smallest absolute Gasteiger partial charge is 0.145 e. The van der Waals surface area contributed by atoms with Crippen LogP contribution >= 0.6 is 22.9 Å². The molecule has 0 saturated heterocycles. The lowest BCUT2D eigenvalue weighted by molar-refractivity contribution is 1.04. The molecule has 78 valence electrons. The molecule has 0 saturated carbocycles. The van der Waals surface area contributed by atoms with Gasteiger partial charge in [-0.15, -0.1) is 11.3 Å². The molecule has 2 heterocycles. The molecular formula is C10H10ClN3S. The summed E-state index contributed by atoms with van der Waals surface area (Å²) < 4.78 is 0. The van der Waals surface area contributed by atoms with Crippen LogP contribution in [-0.4, -0.2) is 9.97 Å². The first kappa shape index (κ1) is 10.4. The van der Waals surface area contributed by atoms with Gasteiger partial charge < -0.3 is 5.32 Å². The summed E-state index contributed by atoms with van der Waals surface area (Å²) in [6, 6.07) is 3.61. The number of thiazole rings is 1. The second kappa shape index (κ2) is 4.59. The maximum absolute atomic E-state index is 5.95. The molecule has 0 aromatic carbocycles. The van der Waals surface area contributed by atoms with Gasteiger partial charge in [0.25, 0.3) is 0 Å². The van der Waals surface area contributed by atoms with Crippen molar-refractivity contribution in [3.05, 3.63) is 39.4 Å². The van der Waals surface area contributed by atoms with Crippen molar-refractivity contribution >= 4 is 28.8 Å². The van der Waals surface area contributed by atoms with Gasteiger partial charge in [0.15, 0.2) is 0 Å². The van der Waals surface area contributed by atoms with Crippen molar-refractivity contribution < 1.29 is 0 Å². The first-order chi connectivity index (χ1) is 7.25. The molecule has 2 aromatic heterocycles. The van der Waals surface area contributed by atoms with E-state index in [0.29, 0.717) is 17.4 Å². The normalized spacial score (nSPS) is 10.3. The summed E-state index contributed by atoms with van der Waals surface area (Å²) in [6.07, 6.45) is 1.71. The Balaban J connectivity index is 2.02. The van der Waals surface area contributed by atoms with Crippen molar-refractivity contribution in [3.8, 4) is 0 Å². The number of aromatic nitrogens is 2. The molecule has 0 atom stereocenters. The van der Waals surface area contributed by atoms with Gasteiger partial charge in [-0.2, -0.15) is 0 Å². The van der Waals surface area contributed by atoms with Crippen LogP contribution in [0.4, 0.5) is 5.82 Å². The molecule has 0 bridgehead atoms. The molecule has 0 fully saturated rings. The number of pyridine rings is 1.